The number of hydrogen-bond donors (Lipinski definition) is 0. The fourth-order valence-corrected chi connectivity index (χ4v) is 3.94. The molecule has 2 aromatic heterocycles. The van der Waals surface area contributed by atoms with E-state index >= 15 is 0 Å². The number of aryl methyl sites for hydroxylation is 2. The van der Waals surface area contributed by atoms with Gasteiger partial charge in [-0.05, 0) is 54.8 Å². The van der Waals surface area contributed by atoms with Crippen LogP contribution in [-0.2, 0) is 12.3 Å². The first kappa shape index (κ1) is 17.6. The molecule has 0 saturated heterocycles. The first-order chi connectivity index (χ1) is 13.1. The van der Waals surface area contributed by atoms with Gasteiger partial charge in [-0.3, -0.25) is 9.36 Å². The molecule has 0 bridgehead atoms. The highest BCUT2D eigenvalue weighted by Gasteiger charge is 2.13. The van der Waals surface area contributed by atoms with Crippen LogP contribution >= 0.6 is 11.8 Å². The molecule has 4 aromatic rings. The van der Waals surface area contributed by atoms with Gasteiger partial charge in [-0.15, -0.1) is 0 Å². The lowest BCUT2D eigenvalue weighted by atomic mass is 10.1. The highest BCUT2D eigenvalue weighted by molar-refractivity contribution is 7.98. The summed E-state index contributed by atoms with van der Waals surface area (Å²) in [5, 5.41) is 1.33. The largest absolute Gasteiger partial charge is 0.467 e. The second-order valence-electron chi connectivity index (χ2n) is 6.59. The minimum atomic E-state index is -0.0420. The lowest BCUT2D eigenvalue weighted by molar-refractivity contribution is 0.476. The Hall–Kier alpha value is -2.79. The topological polar surface area (TPSA) is 48.0 Å². The zero-order valence-corrected chi connectivity index (χ0v) is 16.1. The highest BCUT2D eigenvalue weighted by atomic mass is 32.2. The quantitative estimate of drug-likeness (QED) is 0.365. The molecule has 4 rings (SSSR count). The van der Waals surface area contributed by atoms with E-state index in [-0.39, 0.29) is 5.56 Å². The van der Waals surface area contributed by atoms with E-state index in [0.717, 1.165) is 17.0 Å². The Balaban J connectivity index is 1.73. The molecule has 2 heterocycles. The predicted octanol–water partition coefficient (Wildman–Crippen LogP) is 4.95. The van der Waals surface area contributed by atoms with Crippen molar-refractivity contribution in [1.82, 2.24) is 9.55 Å². The summed E-state index contributed by atoms with van der Waals surface area (Å²) >= 11 is 1.58. The van der Waals surface area contributed by atoms with Gasteiger partial charge in [-0.2, -0.15) is 0 Å². The number of fused-ring (bicyclic) bond motifs is 1. The van der Waals surface area contributed by atoms with E-state index < -0.39 is 0 Å². The standard InChI is InChI=1S/C22H20N2O2S/c1-15-9-10-17(12-16(15)2)14-27-22-23-20-8-4-3-7-19(20)21(25)24(22)13-18-6-5-11-26-18/h3-12H,13-14H2,1-2H3. The molecule has 0 unspecified atom stereocenters. The van der Waals surface area contributed by atoms with Gasteiger partial charge in [0.05, 0.1) is 23.7 Å². The average molecular weight is 376 g/mol. The van der Waals surface area contributed by atoms with Gasteiger partial charge < -0.3 is 4.42 Å². The second kappa shape index (κ2) is 7.45. The van der Waals surface area contributed by atoms with Crippen molar-refractivity contribution in [3.05, 3.63) is 93.7 Å². The van der Waals surface area contributed by atoms with Crippen LogP contribution in [0.1, 0.15) is 22.5 Å². The molecule has 5 heteroatoms. The van der Waals surface area contributed by atoms with Crippen molar-refractivity contribution >= 4 is 22.7 Å². The molecule has 0 fully saturated rings. The van der Waals surface area contributed by atoms with Crippen LogP contribution in [0.4, 0.5) is 0 Å². The second-order valence-corrected chi connectivity index (χ2v) is 7.53. The molecule has 2 aromatic carbocycles. The van der Waals surface area contributed by atoms with Crippen LogP contribution in [0.5, 0.6) is 0 Å². The zero-order valence-electron chi connectivity index (χ0n) is 15.3. The van der Waals surface area contributed by atoms with Gasteiger partial charge in [0.25, 0.3) is 5.56 Å². The molecule has 0 aliphatic carbocycles. The number of aromatic nitrogens is 2. The fraction of sp³-hybridized carbons (Fsp3) is 0.182. The molecule has 0 N–H and O–H groups in total. The van der Waals surface area contributed by atoms with E-state index in [9.17, 15) is 4.79 Å². The molecule has 0 aliphatic rings. The molecular weight excluding hydrogens is 356 g/mol. The lowest BCUT2D eigenvalue weighted by Gasteiger charge is -2.12. The van der Waals surface area contributed by atoms with Gasteiger partial charge in [0.1, 0.15) is 5.76 Å². The van der Waals surface area contributed by atoms with E-state index in [4.69, 9.17) is 9.40 Å². The van der Waals surface area contributed by atoms with Crippen LogP contribution in [0.2, 0.25) is 0 Å². The maximum atomic E-state index is 13.1. The number of nitrogens with zero attached hydrogens (tertiary/aromatic N) is 2. The van der Waals surface area contributed by atoms with Gasteiger partial charge in [0, 0.05) is 5.75 Å². The SMILES string of the molecule is Cc1ccc(CSc2nc3ccccc3c(=O)n2Cc2ccco2)cc1C. The number of rotatable bonds is 5. The van der Waals surface area contributed by atoms with Crippen molar-refractivity contribution in [2.75, 3.05) is 0 Å². The average Bonchev–Trinajstić information content (AvgIpc) is 3.18. The van der Waals surface area contributed by atoms with Crippen LogP contribution in [0.3, 0.4) is 0 Å². The molecule has 0 spiro atoms. The Morgan fingerprint density at radius 2 is 1.89 bits per heavy atom. The Morgan fingerprint density at radius 1 is 1.04 bits per heavy atom. The van der Waals surface area contributed by atoms with Gasteiger partial charge >= 0.3 is 0 Å². The fourth-order valence-electron chi connectivity index (χ4n) is 3.00. The molecule has 0 amide bonds. The summed E-state index contributed by atoms with van der Waals surface area (Å²) < 4.78 is 7.16. The summed E-state index contributed by atoms with van der Waals surface area (Å²) in [6, 6.07) is 17.6. The summed E-state index contributed by atoms with van der Waals surface area (Å²) in [6.07, 6.45) is 1.62. The molecule has 27 heavy (non-hydrogen) atoms. The smallest absolute Gasteiger partial charge is 0.262 e. The third-order valence-electron chi connectivity index (χ3n) is 4.66. The summed E-state index contributed by atoms with van der Waals surface area (Å²) in [4.78, 5) is 17.8. The van der Waals surface area contributed by atoms with Gasteiger partial charge in [-0.1, -0.05) is 42.1 Å². The number of para-hydroxylation sites is 1. The summed E-state index contributed by atoms with van der Waals surface area (Å²) in [5.74, 6) is 1.49. The first-order valence-electron chi connectivity index (χ1n) is 8.83. The Bertz CT molecular complexity index is 1150. The molecule has 4 nitrogen and oxygen atoms in total. The molecule has 0 atom stereocenters. The number of hydrogen-bond acceptors (Lipinski definition) is 4. The summed E-state index contributed by atoms with van der Waals surface area (Å²) in [5.41, 5.74) is 4.45. The summed E-state index contributed by atoms with van der Waals surface area (Å²) in [7, 11) is 0. The number of thioether (sulfide) groups is 1. The Morgan fingerprint density at radius 3 is 2.67 bits per heavy atom. The molecule has 0 aliphatic heterocycles. The van der Waals surface area contributed by atoms with Crippen molar-refractivity contribution in [2.45, 2.75) is 31.3 Å². The molecule has 0 saturated carbocycles. The van der Waals surface area contributed by atoms with Gasteiger partial charge in [0.2, 0.25) is 0 Å². The monoisotopic (exact) mass is 376 g/mol. The summed E-state index contributed by atoms with van der Waals surface area (Å²) in [6.45, 7) is 4.60. The number of furan rings is 1. The molecule has 0 radical (unpaired) electrons. The van der Waals surface area contributed by atoms with Gasteiger partial charge in [-0.25, -0.2) is 4.98 Å². The molecular formula is C22H20N2O2S. The zero-order chi connectivity index (χ0) is 18.8. The van der Waals surface area contributed by atoms with Crippen LogP contribution in [0.15, 0.2) is 75.2 Å². The first-order valence-corrected chi connectivity index (χ1v) is 9.81. The third kappa shape index (κ3) is 3.69. The van der Waals surface area contributed by atoms with Crippen molar-refractivity contribution in [2.24, 2.45) is 0 Å². The maximum Gasteiger partial charge on any atom is 0.262 e. The lowest BCUT2D eigenvalue weighted by Crippen LogP contribution is -2.23. The van der Waals surface area contributed by atoms with E-state index in [1.54, 1.807) is 22.6 Å². The van der Waals surface area contributed by atoms with E-state index in [1.807, 2.05) is 36.4 Å². The molecule has 136 valence electrons. The minimum Gasteiger partial charge on any atom is -0.467 e. The van der Waals surface area contributed by atoms with Crippen molar-refractivity contribution < 1.29 is 4.42 Å². The maximum absolute atomic E-state index is 13.1. The predicted molar refractivity (Wildman–Crippen MR) is 109 cm³/mol. The highest BCUT2D eigenvalue weighted by Crippen LogP contribution is 2.24. The van der Waals surface area contributed by atoms with Crippen LogP contribution < -0.4 is 5.56 Å². The van der Waals surface area contributed by atoms with E-state index in [0.29, 0.717) is 17.1 Å². The van der Waals surface area contributed by atoms with E-state index in [2.05, 4.69) is 32.0 Å². The van der Waals surface area contributed by atoms with Crippen LogP contribution in [-0.4, -0.2) is 9.55 Å². The van der Waals surface area contributed by atoms with Crippen molar-refractivity contribution in [3.8, 4) is 0 Å². The number of benzene rings is 2. The van der Waals surface area contributed by atoms with Gasteiger partial charge in [0.15, 0.2) is 5.16 Å². The third-order valence-corrected chi connectivity index (χ3v) is 5.71. The Kier molecular flexibility index (Phi) is 4.86. The van der Waals surface area contributed by atoms with E-state index in [1.165, 1.54) is 16.7 Å². The van der Waals surface area contributed by atoms with Crippen molar-refractivity contribution in [1.29, 1.82) is 0 Å². The van der Waals surface area contributed by atoms with Crippen LogP contribution in [0, 0.1) is 13.8 Å². The van der Waals surface area contributed by atoms with Crippen molar-refractivity contribution in [3.63, 3.8) is 0 Å². The minimum absolute atomic E-state index is 0.0420. The Labute approximate surface area is 161 Å². The van der Waals surface area contributed by atoms with Crippen LogP contribution in [0.25, 0.3) is 10.9 Å². The normalized spacial score (nSPS) is 11.2.